The average molecular weight is 256 g/mol. The van der Waals surface area contributed by atoms with E-state index in [4.69, 9.17) is 5.26 Å². The van der Waals surface area contributed by atoms with E-state index in [1.165, 1.54) is 32.4 Å². The summed E-state index contributed by atoms with van der Waals surface area (Å²) < 4.78 is 0. The van der Waals surface area contributed by atoms with Gasteiger partial charge in [-0.05, 0) is 56.3 Å². The van der Waals surface area contributed by atoms with Crippen molar-refractivity contribution >= 4 is 5.82 Å². The first-order valence-electron chi connectivity index (χ1n) is 7.18. The molecule has 0 spiro atoms. The third kappa shape index (κ3) is 2.71. The largest absolute Gasteiger partial charge is 0.356 e. The number of anilines is 1. The van der Waals surface area contributed by atoms with Gasteiger partial charge in [0.1, 0.15) is 5.82 Å². The van der Waals surface area contributed by atoms with Crippen LogP contribution in [0.1, 0.15) is 24.8 Å². The molecule has 0 radical (unpaired) electrons. The van der Waals surface area contributed by atoms with Crippen LogP contribution in [0, 0.1) is 23.2 Å². The van der Waals surface area contributed by atoms with Crippen LogP contribution in [0.25, 0.3) is 0 Å². The SMILES string of the molecule is N#Cc1ccnc(N2CCCC(C3CCNC3)C2)c1. The zero-order valence-electron chi connectivity index (χ0n) is 11.2. The van der Waals surface area contributed by atoms with Crippen molar-refractivity contribution in [3.8, 4) is 6.07 Å². The summed E-state index contributed by atoms with van der Waals surface area (Å²) >= 11 is 0. The van der Waals surface area contributed by atoms with Crippen molar-refractivity contribution in [3.63, 3.8) is 0 Å². The van der Waals surface area contributed by atoms with E-state index < -0.39 is 0 Å². The van der Waals surface area contributed by atoms with Crippen molar-refractivity contribution in [1.29, 1.82) is 5.26 Å². The maximum Gasteiger partial charge on any atom is 0.129 e. The Balaban J connectivity index is 1.72. The molecular weight excluding hydrogens is 236 g/mol. The second-order valence-corrected chi connectivity index (χ2v) is 5.62. The Hall–Kier alpha value is -1.60. The van der Waals surface area contributed by atoms with E-state index in [1.807, 2.05) is 6.07 Å². The number of piperidine rings is 1. The summed E-state index contributed by atoms with van der Waals surface area (Å²) in [5, 5.41) is 12.4. The van der Waals surface area contributed by atoms with Gasteiger partial charge in [0.05, 0.1) is 11.6 Å². The molecule has 100 valence electrons. The summed E-state index contributed by atoms with van der Waals surface area (Å²) in [4.78, 5) is 6.79. The molecule has 1 aromatic rings. The summed E-state index contributed by atoms with van der Waals surface area (Å²) in [6.45, 7) is 4.50. The van der Waals surface area contributed by atoms with Crippen molar-refractivity contribution in [2.45, 2.75) is 19.3 Å². The molecule has 2 aliphatic rings. The molecule has 0 aliphatic carbocycles. The van der Waals surface area contributed by atoms with Crippen molar-refractivity contribution in [2.75, 3.05) is 31.1 Å². The summed E-state index contributed by atoms with van der Waals surface area (Å²) in [5.41, 5.74) is 0.703. The minimum absolute atomic E-state index is 0.703. The van der Waals surface area contributed by atoms with Gasteiger partial charge in [-0.15, -0.1) is 0 Å². The minimum Gasteiger partial charge on any atom is -0.356 e. The van der Waals surface area contributed by atoms with Gasteiger partial charge in [0.25, 0.3) is 0 Å². The fourth-order valence-electron chi connectivity index (χ4n) is 3.34. The quantitative estimate of drug-likeness (QED) is 0.876. The van der Waals surface area contributed by atoms with Gasteiger partial charge in [-0.25, -0.2) is 4.98 Å². The molecule has 4 heteroatoms. The normalized spacial score (nSPS) is 27.2. The first-order valence-corrected chi connectivity index (χ1v) is 7.18. The molecule has 1 N–H and O–H groups in total. The maximum absolute atomic E-state index is 8.98. The highest BCUT2D eigenvalue weighted by atomic mass is 15.2. The van der Waals surface area contributed by atoms with Crippen molar-refractivity contribution < 1.29 is 0 Å². The van der Waals surface area contributed by atoms with Gasteiger partial charge < -0.3 is 10.2 Å². The van der Waals surface area contributed by atoms with Crippen molar-refractivity contribution in [3.05, 3.63) is 23.9 Å². The molecule has 3 heterocycles. The van der Waals surface area contributed by atoms with Crippen LogP contribution in [0.2, 0.25) is 0 Å². The fourth-order valence-corrected chi connectivity index (χ4v) is 3.34. The zero-order chi connectivity index (χ0) is 13.1. The van der Waals surface area contributed by atoms with Crippen LogP contribution in [-0.2, 0) is 0 Å². The number of nitrogens with zero attached hydrogens (tertiary/aromatic N) is 3. The van der Waals surface area contributed by atoms with E-state index >= 15 is 0 Å². The second-order valence-electron chi connectivity index (χ2n) is 5.62. The molecule has 3 rings (SSSR count). The van der Waals surface area contributed by atoms with Gasteiger partial charge in [0, 0.05) is 19.3 Å². The Kier molecular flexibility index (Phi) is 3.65. The molecule has 2 aliphatic heterocycles. The predicted octanol–water partition coefficient (Wildman–Crippen LogP) is 1.78. The van der Waals surface area contributed by atoms with Crippen LogP contribution in [0.15, 0.2) is 18.3 Å². The third-order valence-electron chi connectivity index (χ3n) is 4.42. The third-order valence-corrected chi connectivity index (χ3v) is 4.42. The monoisotopic (exact) mass is 256 g/mol. The summed E-state index contributed by atoms with van der Waals surface area (Å²) in [6, 6.07) is 5.88. The molecule has 19 heavy (non-hydrogen) atoms. The Bertz CT molecular complexity index is 473. The molecule has 2 atom stereocenters. The number of aromatic nitrogens is 1. The van der Waals surface area contributed by atoms with Crippen molar-refractivity contribution in [2.24, 2.45) is 11.8 Å². The topological polar surface area (TPSA) is 52.0 Å². The van der Waals surface area contributed by atoms with Crippen LogP contribution in [0.5, 0.6) is 0 Å². The number of hydrogen-bond acceptors (Lipinski definition) is 4. The zero-order valence-corrected chi connectivity index (χ0v) is 11.2. The van der Waals surface area contributed by atoms with Crippen LogP contribution in [-0.4, -0.2) is 31.2 Å². The van der Waals surface area contributed by atoms with Crippen LogP contribution in [0.4, 0.5) is 5.82 Å². The number of nitriles is 1. The van der Waals surface area contributed by atoms with Gasteiger partial charge in [0.15, 0.2) is 0 Å². The Morgan fingerprint density at radius 1 is 1.37 bits per heavy atom. The van der Waals surface area contributed by atoms with E-state index in [0.29, 0.717) is 5.56 Å². The number of nitrogens with one attached hydrogen (secondary N) is 1. The lowest BCUT2D eigenvalue weighted by molar-refractivity contribution is 0.301. The van der Waals surface area contributed by atoms with Gasteiger partial charge in [0.2, 0.25) is 0 Å². The molecule has 2 fully saturated rings. The lowest BCUT2D eigenvalue weighted by atomic mass is 9.85. The number of hydrogen-bond donors (Lipinski definition) is 1. The molecule has 1 aromatic heterocycles. The first-order chi connectivity index (χ1) is 9.36. The summed E-state index contributed by atoms with van der Waals surface area (Å²) in [6.07, 6.45) is 5.62. The van der Waals surface area contributed by atoms with E-state index in [2.05, 4.69) is 21.3 Å². The second kappa shape index (κ2) is 5.58. The Labute approximate surface area is 114 Å². The van der Waals surface area contributed by atoms with E-state index in [0.717, 1.165) is 30.7 Å². The standard InChI is InChI=1S/C15H20N4/c16-9-12-3-6-18-15(8-12)19-7-1-2-14(11-19)13-4-5-17-10-13/h3,6,8,13-14,17H,1-2,4-5,7,10-11H2. The minimum atomic E-state index is 0.703. The van der Waals surface area contributed by atoms with Gasteiger partial charge in [-0.3, -0.25) is 0 Å². The maximum atomic E-state index is 8.98. The lowest BCUT2D eigenvalue weighted by Crippen LogP contribution is -2.39. The highest BCUT2D eigenvalue weighted by Gasteiger charge is 2.29. The summed E-state index contributed by atoms with van der Waals surface area (Å²) in [5.74, 6) is 2.56. The molecule has 0 amide bonds. The summed E-state index contributed by atoms with van der Waals surface area (Å²) in [7, 11) is 0. The van der Waals surface area contributed by atoms with Gasteiger partial charge in [-0.2, -0.15) is 5.26 Å². The molecule has 2 saturated heterocycles. The van der Waals surface area contributed by atoms with Gasteiger partial charge in [-0.1, -0.05) is 0 Å². The Morgan fingerprint density at radius 3 is 3.11 bits per heavy atom. The molecular formula is C15H20N4. The molecule has 0 bridgehead atoms. The molecule has 4 nitrogen and oxygen atoms in total. The fraction of sp³-hybridized carbons (Fsp3) is 0.600. The average Bonchev–Trinajstić information content (AvgIpc) is 3.02. The van der Waals surface area contributed by atoms with Crippen molar-refractivity contribution in [1.82, 2.24) is 10.3 Å². The molecule has 2 unspecified atom stereocenters. The van der Waals surface area contributed by atoms with Gasteiger partial charge >= 0.3 is 0 Å². The number of pyridine rings is 1. The highest BCUT2D eigenvalue weighted by molar-refractivity contribution is 5.45. The highest BCUT2D eigenvalue weighted by Crippen LogP contribution is 2.29. The first kappa shape index (κ1) is 12.4. The molecule has 0 saturated carbocycles. The van der Waals surface area contributed by atoms with E-state index in [-0.39, 0.29) is 0 Å². The lowest BCUT2D eigenvalue weighted by Gasteiger charge is -2.36. The number of rotatable bonds is 2. The van der Waals surface area contributed by atoms with Crippen LogP contribution < -0.4 is 10.2 Å². The Morgan fingerprint density at radius 2 is 2.32 bits per heavy atom. The van der Waals surface area contributed by atoms with E-state index in [1.54, 1.807) is 12.3 Å². The molecule has 0 aromatic carbocycles. The van der Waals surface area contributed by atoms with Crippen LogP contribution >= 0.6 is 0 Å². The van der Waals surface area contributed by atoms with Crippen LogP contribution in [0.3, 0.4) is 0 Å². The smallest absolute Gasteiger partial charge is 0.129 e. The van der Waals surface area contributed by atoms with E-state index in [9.17, 15) is 0 Å². The predicted molar refractivity (Wildman–Crippen MR) is 74.9 cm³/mol.